The first kappa shape index (κ1) is 13.1. The van der Waals surface area contributed by atoms with E-state index in [-0.39, 0.29) is 6.04 Å². The summed E-state index contributed by atoms with van der Waals surface area (Å²) in [4.78, 5) is 0. The number of nitrogens with zero attached hydrogens (tertiary/aromatic N) is 2. The zero-order chi connectivity index (χ0) is 13.1. The van der Waals surface area contributed by atoms with Crippen LogP contribution in [0.2, 0.25) is 5.02 Å². The van der Waals surface area contributed by atoms with Gasteiger partial charge >= 0.3 is 0 Å². The van der Waals surface area contributed by atoms with Crippen molar-refractivity contribution in [2.75, 3.05) is 7.05 Å². The Hall–Kier alpha value is -1.32. The predicted octanol–water partition coefficient (Wildman–Crippen LogP) is 2.89. The standard InChI is InChI=1S/C14H18ClN3/c1-10-6-11(8-12(15)7-10)14(16-2)9-13-4-5-18(3)17-13/h4-8,14,16H,9H2,1-3H3. The lowest BCUT2D eigenvalue weighted by Gasteiger charge is -2.16. The Morgan fingerprint density at radius 1 is 1.39 bits per heavy atom. The molecule has 4 heteroatoms. The van der Waals surface area contributed by atoms with Gasteiger partial charge in [0.1, 0.15) is 0 Å². The Morgan fingerprint density at radius 3 is 2.72 bits per heavy atom. The van der Waals surface area contributed by atoms with Gasteiger partial charge in [0.05, 0.1) is 5.69 Å². The highest BCUT2D eigenvalue weighted by atomic mass is 35.5. The summed E-state index contributed by atoms with van der Waals surface area (Å²) in [5, 5.41) is 8.52. The van der Waals surface area contributed by atoms with Crippen LogP contribution in [0.3, 0.4) is 0 Å². The van der Waals surface area contributed by atoms with E-state index < -0.39 is 0 Å². The first-order valence-electron chi connectivity index (χ1n) is 6.01. The highest BCUT2D eigenvalue weighted by Gasteiger charge is 2.12. The lowest BCUT2D eigenvalue weighted by atomic mass is 10.0. The molecule has 0 bridgehead atoms. The number of nitrogens with one attached hydrogen (secondary N) is 1. The average Bonchev–Trinajstić information content (AvgIpc) is 2.70. The van der Waals surface area contributed by atoms with E-state index in [0.717, 1.165) is 17.1 Å². The number of aromatic nitrogens is 2. The van der Waals surface area contributed by atoms with Crippen molar-refractivity contribution in [1.29, 1.82) is 0 Å². The fourth-order valence-electron chi connectivity index (χ4n) is 2.13. The topological polar surface area (TPSA) is 29.9 Å². The molecule has 1 aromatic carbocycles. The summed E-state index contributed by atoms with van der Waals surface area (Å²) in [5.41, 5.74) is 3.46. The predicted molar refractivity (Wildman–Crippen MR) is 74.9 cm³/mol. The van der Waals surface area contributed by atoms with Crippen molar-refractivity contribution in [2.24, 2.45) is 7.05 Å². The van der Waals surface area contributed by atoms with Crippen molar-refractivity contribution >= 4 is 11.6 Å². The summed E-state index contributed by atoms with van der Waals surface area (Å²) in [6, 6.07) is 8.42. The Labute approximate surface area is 113 Å². The first-order valence-corrected chi connectivity index (χ1v) is 6.39. The normalized spacial score (nSPS) is 12.7. The van der Waals surface area contributed by atoms with Crippen molar-refractivity contribution < 1.29 is 0 Å². The molecule has 18 heavy (non-hydrogen) atoms. The van der Waals surface area contributed by atoms with Gasteiger partial charge in [-0.2, -0.15) is 5.10 Å². The van der Waals surface area contributed by atoms with Gasteiger partial charge in [-0.05, 0) is 43.3 Å². The molecule has 0 fully saturated rings. The lowest BCUT2D eigenvalue weighted by Crippen LogP contribution is -2.19. The van der Waals surface area contributed by atoms with Crippen molar-refractivity contribution in [1.82, 2.24) is 15.1 Å². The molecule has 0 amide bonds. The lowest BCUT2D eigenvalue weighted by molar-refractivity contribution is 0.577. The molecule has 3 nitrogen and oxygen atoms in total. The molecular formula is C14H18ClN3. The number of benzene rings is 1. The van der Waals surface area contributed by atoms with Crippen LogP contribution in [0.15, 0.2) is 30.5 Å². The van der Waals surface area contributed by atoms with E-state index in [1.807, 2.05) is 43.2 Å². The zero-order valence-electron chi connectivity index (χ0n) is 10.9. The van der Waals surface area contributed by atoms with Crippen molar-refractivity contribution in [3.8, 4) is 0 Å². The largest absolute Gasteiger partial charge is 0.313 e. The van der Waals surface area contributed by atoms with Crippen LogP contribution in [0, 0.1) is 6.92 Å². The maximum Gasteiger partial charge on any atom is 0.0643 e. The highest BCUT2D eigenvalue weighted by Crippen LogP contribution is 2.22. The Balaban J connectivity index is 2.22. The molecule has 2 rings (SSSR count). The third-order valence-corrected chi connectivity index (χ3v) is 3.22. The fourth-order valence-corrected chi connectivity index (χ4v) is 2.43. The summed E-state index contributed by atoms with van der Waals surface area (Å²) in [7, 11) is 3.89. The van der Waals surface area contributed by atoms with Gasteiger partial charge in [0.25, 0.3) is 0 Å². The molecule has 1 unspecified atom stereocenters. The van der Waals surface area contributed by atoms with E-state index in [0.29, 0.717) is 0 Å². The molecule has 0 aliphatic carbocycles. The van der Waals surface area contributed by atoms with Gasteiger partial charge in [0.15, 0.2) is 0 Å². The van der Waals surface area contributed by atoms with Gasteiger partial charge in [-0.15, -0.1) is 0 Å². The second-order valence-corrected chi connectivity index (χ2v) is 5.02. The molecule has 0 aliphatic rings. The quantitative estimate of drug-likeness (QED) is 0.919. The Kier molecular flexibility index (Phi) is 4.04. The summed E-state index contributed by atoms with van der Waals surface area (Å²) >= 11 is 6.11. The molecule has 0 radical (unpaired) electrons. The van der Waals surface area contributed by atoms with Crippen LogP contribution in [-0.2, 0) is 13.5 Å². The van der Waals surface area contributed by atoms with Crippen LogP contribution in [0.25, 0.3) is 0 Å². The minimum absolute atomic E-state index is 0.234. The van der Waals surface area contributed by atoms with E-state index in [4.69, 9.17) is 11.6 Å². The molecule has 0 saturated carbocycles. The van der Waals surface area contributed by atoms with E-state index in [1.54, 1.807) is 0 Å². The van der Waals surface area contributed by atoms with Crippen LogP contribution in [0.1, 0.15) is 22.9 Å². The molecule has 1 aromatic heterocycles. The second kappa shape index (κ2) is 5.55. The molecule has 1 N–H and O–H groups in total. The molecule has 1 atom stereocenters. The van der Waals surface area contributed by atoms with Gasteiger partial charge in [-0.1, -0.05) is 17.7 Å². The average molecular weight is 264 g/mol. The molecular weight excluding hydrogens is 246 g/mol. The third kappa shape index (κ3) is 3.12. The van der Waals surface area contributed by atoms with Crippen LogP contribution < -0.4 is 5.32 Å². The van der Waals surface area contributed by atoms with Gasteiger partial charge in [-0.25, -0.2) is 0 Å². The number of likely N-dealkylation sites (N-methyl/N-ethyl adjacent to an activating group) is 1. The first-order chi connectivity index (χ1) is 8.58. The number of rotatable bonds is 4. The van der Waals surface area contributed by atoms with E-state index in [1.165, 1.54) is 11.1 Å². The third-order valence-electron chi connectivity index (χ3n) is 3.00. The van der Waals surface area contributed by atoms with Crippen molar-refractivity contribution in [3.05, 3.63) is 52.3 Å². The minimum atomic E-state index is 0.234. The summed E-state index contributed by atoms with van der Waals surface area (Å²) in [6.07, 6.45) is 2.82. The van der Waals surface area contributed by atoms with Crippen molar-refractivity contribution in [2.45, 2.75) is 19.4 Å². The summed E-state index contributed by atoms with van der Waals surface area (Å²) < 4.78 is 1.82. The Morgan fingerprint density at radius 2 is 2.17 bits per heavy atom. The fraction of sp³-hybridized carbons (Fsp3) is 0.357. The van der Waals surface area contributed by atoms with Gasteiger partial charge in [0.2, 0.25) is 0 Å². The molecule has 2 aromatic rings. The molecule has 1 heterocycles. The monoisotopic (exact) mass is 263 g/mol. The molecule has 96 valence electrons. The van der Waals surface area contributed by atoms with Crippen LogP contribution in [0.5, 0.6) is 0 Å². The van der Waals surface area contributed by atoms with Gasteiger partial charge in [-0.3, -0.25) is 4.68 Å². The summed E-state index contributed by atoms with van der Waals surface area (Å²) in [5.74, 6) is 0. The zero-order valence-corrected chi connectivity index (χ0v) is 11.7. The van der Waals surface area contributed by atoms with E-state index in [2.05, 4.69) is 23.4 Å². The van der Waals surface area contributed by atoms with Crippen LogP contribution in [-0.4, -0.2) is 16.8 Å². The Bertz CT molecular complexity index is 513. The molecule has 0 spiro atoms. The summed E-state index contributed by atoms with van der Waals surface area (Å²) in [6.45, 7) is 2.06. The number of aryl methyl sites for hydroxylation is 2. The second-order valence-electron chi connectivity index (χ2n) is 4.59. The van der Waals surface area contributed by atoms with Crippen molar-refractivity contribution in [3.63, 3.8) is 0 Å². The van der Waals surface area contributed by atoms with Gasteiger partial charge < -0.3 is 5.32 Å². The number of hydrogen-bond donors (Lipinski definition) is 1. The van der Waals surface area contributed by atoms with Crippen LogP contribution in [0.4, 0.5) is 0 Å². The molecule has 0 aliphatic heterocycles. The smallest absolute Gasteiger partial charge is 0.0643 e. The highest BCUT2D eigenvalue weighted by molar-refractivity contribution is 6.30. The van der Waals surface area contributed by atoms with Gasteiger partial charge in [0, 0.05) is 30.7 Å². The van der Waals surface area contributed by atoms with E-state index >= 15 is 0 Å². The SMILES string of the molecule is CNC(Cc1ccn(C)n1)c1cc(C)cc(Cl)c1. The maximum atomic E-state index is 6.11. The minimum Gasteiger partial charge on any atom is -0.313 e. The maximum absolute atomic E-state index is 6.11. The number of hydrogen-bond acceptors (Lipinski definition) is 2. The number of halogens is 1. The van der Waals surface area contributed by atoms with E-state index in [9.17, 15) is 0 Å². The van der Waals surface area contributed by atoms with Crippen LogP contribution >= 0.6 is 11.6 Å². The molecule has 0 saturated heterocycles.